The van der Waals surface area contributed by atoms with Crippen LogP contribution < -0.4 is 0 Å². The molecule has 0 fully saturated rings. The van der Waals surface area contributed by atoms with E-state index in [1.165, 1.54) is 0 Å². The number of hydrogen-bond acceptors (Lipinski definition) is 3. The topological polar surface area (TPSA) is 39.4 Å². The van der Waals surface area contributed by atoms with E-state index in [-0.39, 0.29) is 6.54 Å². The summed E-state index contributed by atoms with van der Waals surface area (Å²) in [6.07, 6.45) is 1.01. The zero-order valence-electron chi connectivity index (χ0n) is 5.04. The van der Waals surface area contributed by atoms with Crippen LogP contribution in [-0.4, -0.2) is 30.4 Å². The first-order chi connectivity index (χ1) is 4.74. The van der Waals surface area contributed by atoms with Gasteiger partial charge in [-0.1, -0.05) is 0 Å². The maximum absolute atomic E-state index is 11.8. The van der Waals surface area contributed by atoms with Gasteiger partial charge in [-0.05, 0) is 0 Å². The number of hydrogen-bond donors (Lipinski definition) is 0. The van der Waals surface area contributed by atoms with Crippen molar-refractivity contribution in [1.82, 2.24) is 4.90 Å². The highest BCUT2D eigenvalue weighted by Gasteiger charge is 2.22. The summed E-state index contributed by atoms with van der Waals surface area (Å²) in [4.78, 5) is 4.25. The molecule has 5 heteroatoms. The van der Waals surface area contributed by atoms with E-state index in [1.807, 2.05) is 0 Å². The van der Waals surface area contributed by atoms with Crippen LogP contribution in [-0.2, 0) is 0 Å². The molecule has 1 heterocycles. The van der Waals surface area contributed by atoms with E-state index in [2.05, 4.69) is 4.99 Å². The first-order valence-corrected chi connectivity index (χ1v) is 2.71. The number of halogens is 2. The highest BCUT2D eigenvalue weighted by atomic mass is 19.3. The quantitative estimate of drug-likeness (QED) is 0.502. The summed E-state index contributed by atoms with van der Waals surface area (Å²) < 4.78 is 23.5. The largest absolute Gasteiger partial charge is 0.316 e. The monoisotopic (exact) mass is 145 g/mol. The molecule has 0 spiro atoms. The molecule has 0 aromatic rings. The van der Waals surface area contributed by atoms with Crippen molar-refractivity contribution in [1.29, 1.82) is 5.26 Å². The zero-order valence-corrected chi connectivity index (χ0v) is 5.04. The third-order valence-electron chi connectivity index (χ3n) is 1.18. The molecule has 0 N–H and O–H groups in total. The summed E-state index contributed by atoms with van der Waals surface area (Å²) in [7, 11) is 0. The molecule has 0 aromatic carbocycles. The predicted octanol–water partition coefficient (Wildman–Crippen LogP) is 0.445. The molecule has 1 aliphatic rings. The van der Waals surface area contributed by atoms with E-state index in [0.29, 0.717) is 0 Å². The second kappa shape index (κ2) is 2.60. The van der Waals surface area contributed by atoms with Gasteiger partial charge < -0.3 is 4.90 Å². The van der Waals surface area contributed by atoms with Crippen molar-refractivity contribution < 1.29 is 8.78 Å². The number of nitrogens with zero attached hydrogens (tertiary/aromatic N) is 3. The molecule has 0 saturated carbocycles. The maximum Gasteiger partial charge on any atom is 0.316 e. The lowest BCUT2D eigenvalue weighted by Gasteiger charge is -2.11. The molecule has 0 aliphatic carbocycles. The highest BCUT2D eigenvalue weighted by molar-refractivity contribution is 5.58. The van der Waals surface area contributed by atoms with Gasteiger partial charge in [0.1, 0.15) is 0 Å². The predicted molar refractivity (Wildman–Crippen MR) is 30.6 cm³/mol. The van der Waals surface area contributed by atoms with Crippen LogP contribution in [0, 0.1) is 11.3 Å². The normalized spacial score (nSPS) is 23.8. The van der Waals surface area contributed by atoms with Gasteiger partial charge in [0, 0.05) is 0 Å². The number of alkyl halides is 2. The molecule has 54 valence electrons. The van der Waals surface area contributed by atoms with Crippen molar-refractivity contribution in [2.75, 3.05) is 6.54 Å². The van der Waals surface area contributed by atoms with Crippen LogP contribution in [0.5, 0.6) is 0 Å². The molecule has 1 atom stereocenters. The van der Waals surface area contributed by atoms with Crippen LogP contribution in [0.4, 0.5) is 8.78 Å². The lowest BCUT2D eigenvalue weighted by molar-refractivity contribution is 0.0297. The summed E-state index contributed by atoms with van der Waals surface area (Å²) in [5.74, 6) is 0. The average molecular weight is 145 g/mol. The molecule has 3 nitrogen and oxygen atoms in total. The Labute approximate surface area is 56.6 Å². The summed E-state index contributed by atoms with van der Waals surface area (Å²) in [5, 5.41) is 8.23. The molecule has 0 bridgehead atoms. The third-order valence-corrected chi connectivity index (χ3v) is 1.18. The number of aliphatic imine (C=N–C) groups is 1. The van der Waals surface area contributed by atoms with Crippen LogP contribution in [0.3, 0.4) is 0 Å². The fourth-order valence-electron chi connectivity index (χ4n) is 0.664. The van der Waals surface area contributed by atoms with E-state index >= 15 is 0 Å². The van der Waals surface area contributed by atoms with Gasteiger partial charge in [0.15, 0.2) is 6.04 Å². The molecule has 1 rings (SSSR count). The molecule has 1 unspecified atom stereocenters. The Morgan fingerprint density at radius 1 is 1.80 bits per heavy atom. The molecule has 1 aliphatic heterocycles. The molecule has 0 radical (unpaired) electrons. The Morgan fingerprint density at radius 2 is 2.50 bits per heavy atom. The first kappa shape index (κ1) is 6.93. The fraction of sp³-hybridized carbons (Fsp3) is 0.600. The highest BCUT2D eigenvalue weighted by Crippen LogP contribution is 2.08. The van der Waals surface area contributed by atoms with Gasteiger partial charge in [-0.25, -0.2) is 0 Å². The second-order valence-electron chi connectivity index (χ2n) is 1.88. The minimum Gasteiger partial charge on any atom is -0.304 e. The Balaban J connectivity index is 2.47. The molecule has 0 aromatic heterocycles. The molecule has 0 amide bonds. The summed E-state index contributed by atoms with van der Waals surface area (Å²) in [6, 6.07) is 1.16. The van der Waals surface area contributed by atoms with E-state index in [0.717, 1.165) is 11.2 Å². The van der Waals surface area contributed by atoms with Crippen LogP contribution in [0.25, 0.3) is 0 Å². The van der Waals surface area contributed by atoms with Crippen molar-refractivity contribution in [2.24, 2.45) is 4.99 Å². The fourth-order valence-corrected chi connectivity index (χ4v) is 0.664. The first-order valence-electron chi connectivity index (χ1n) is 2.71. The Morgan fingerprint density at radius 3 is 2.80 bits per heavy atom. The summed E-state index contributed by atoms with van der Waals surface area (Å²) in [6.45, 7) is -2.53. The Bertz CT molecular complexity index is 184. The molecule has 10 heavy (non-hydrogen) atoms. The lowest BCUT2D eigenvalue weighted by Crippen LogP contribution is -2.27. The minimum atomic E-state index is -2.54. The van der Waals surface area contributed by atoms with Gasteiger partial charge in [0.05, 0.1) is 19.0 Å². The lowest BCUT2D eigenvalue weighted by atomic mass is 10.3. The van der Waals surface area contributed by atoms with Crippen molar-refractivity contribution in [3.8, 4) is 6.07 Å². The van der Waals surface area contributed by atoms with Gasteiger partial charge in [0.25, 0.3) is 0 Å². The Kier molecular flexibility index (Phi) is 1.81. The van der Waals surface area contributed by atoms with E-state index in [1.54, 1.807) is 6.07 Å². The van der Waals surface area contributed by atoms with E-state index in [9.17, 15) is 8.78 Å². The van der Waals surface area contributed by atoms with Crippen molar-refractivity contribution >= 4 is 6.34 Å². The molecular formula is C5H5F2N3. The van der Waals surface area contributed by atoms with Crippen molar-refractivity contribution in [2.45, 2.75) is 12.6 Å². The van der Waals surface area contributed by atoms with Crippen molar-refractivity contribution in [3.05, 3.63) is 0 Å². The number of nitriles is 1. The third kappa shape index (κ3) is 1.21. The maximum atomic E-state index is 11.8. The SMILES string of the molecule is N#CC1CN(C(F)F)C=N1. The van der Waals surface area contributed by atoms with Crippen LogP contribution in [0.15, 0.2) is 4.99 Å². The summed E-state index contributed by atoms with van der Waals surface area (Å²) >= 11 is 0. The van der Waals surface area contributed by atoms with Gasteiger partial charge in [-0.15, -0.1) is 0 Å². The number of rotatable bonds is 1. The molecule has 0 saturated heterocycles. The minimum absolute atomic E-state index is 0.00810. The van der Waals surface area contributed by atoms with E-state index in [4.69, 9.17) is 5.26 Å². The van der Waals surface area contributed by atoms with Gasteiger partial charge in [0.2, 0.25) is 0 Å². The van der Waals surface area contributed by atoms with Crippen LogP contribution >= 0.6 is 0 Å². The standard InChI is InChI=1S/C5H5F2N3/c6-5(7)10-2-4(1-8)9-3-10/h3-5H,2H2. The second-order valence-corrected chi connectivity index (χ2v) is 1.88. The average Bonchev–Trinajstić information content (AvgIpc) is 2.34. The van der Waals surface area contributed by atoms with Crippen LogP contribution in [0.2, 0.25) is 0 Å². The van der Waals surface area contributed by atoms with Gasteiger partial charge >= 0.3 is 6.55 Å². The Hall–Kier alpha value is -1.18. The van der Waals surface area contributed by atoms with Crippen LogP contribution in [0.1, 0.15) is 0 Å². The smallest absolute Gasteiger partial charge is 0.304 e. The van der Waals surface area contributed by atoms with Crippen molar-refractivity contribution in [3.63, 3.8) is 0 Å². The molecular weight excluding hydrogens is 140 g/mol. The van der Waals surface area contributed by atoms with Gasteiger partial charge in [-0.2, -0.15) is 14.0 Å². The summed E-state index contributed by atoms with van der Waals surface area (Å²) in [5.41, 5.74) is 0. The van der Waals surface area contributed by atoms with Gasteiger partial charge in [-0.3, -0.25) is 4.99 Å². The van der Waals surface area contributed by atoms with E-state index < -0.39 is 12.6 Å². The zero-order chi connectivity index (χ0) is 7.56.